The van der Waals surface area contributed by atoms with E-state index in [1.54, 1.807) is 13.8 Å². The Bertz CT molecular complexity index is 465. The molecule has 0 saturated carbocycles. The number of aryl methyl sites for hydroxylation is 1. The highest BCUT2D eigenvalue weighted by atomic mass is 16.5. The second-order valence-electron chi connectivity index (χ2n) is 5.41. The number of carbonyl (C=O) groups is 2. The third-order valence-electron chi connectivity index (χ3n) is 2.69. The maximum atomic E-state index is 11.7. The van der Waals surface area contributed by atoms with Crippen molar-refractivity contribution in [3.8, 4) is 5.75 Å². The first-order chi connectivity index (χ1) is 9.28. The molecule has 0 spiro atoms. The molecular weight excluding hydrogens is 258 g/mol. The number of hydrogen-bond donors (Lipinski definition) is 2. The molecule has 1 aromatic carbocycles. The molecule has 0 aliphatic heterocycles. The van der Waals surface area contributed by atoms with Gasteiger partial charge in [0.15, 0.2) is 0 Å². The van der Waals surface area contributed by atoms with Crippen molar-refractivity contribution in [2.45, 2.75) is 39.2 Å². The molecule has 0 unspecified atom stereocenters. The van der Waals surface area contributed by atoms with Crippen LogP contribution in [0.1, 0.15) is 32.3 Å². The van der Waals surface area contributed by atoms with Crippen LogP contribution in [-0.2, 0) is 9.59 Å². The first kappa shape index (κ1) is 16.0. The maximum absolute atomic E-state index is 11.7. The topological polar surface area (TPSA) is 75.6 Å². The van der Waals surface area contributed by atoms with Crippen LogP contribution >= 0.6 is 0 Å². The second kappa shape index (κ2) is 6.93. The number of carbonyl (C=O) groups excluding carboxylic acids is 1. The molecule has 0 aromatic heterocycles. The van der Waals surface area contributed by atoms with Crippen LogP contribution in [0.25, 0.3) is 0 Å². The Morgan fingerprint density at radius 1 is 1.25 bits per heavy atom. The minimum absolute atomic E-state index is 0.114. The van der Waals surface area contributed by atoms with Gasteiger partial charge in [0, 0.05) is 5.54 Å². The molecule has 2 N–H and O–H groups in total. The minimum atomic E-state index is -0.939. The number of amides is 1. The molecule has 0 bridgehead atoms. The van der Waals surface area contributed by atoms with Crippen molar-refractivity contribution in [2.75, 3.05) is 6.61 Å². The summed E-state index contributed by atoms with van der Waals surface area (Å²) < 4.78 is 5.45. The molecule has 1 amide bonds. The molecule has 0 aliphatic carbocycles. The number of aliphatic carboxylic acids is 1. The van der Waals surface area contributed by atoms with Crippen LogP contribution in [0, 0.1) is 6.92 Å². The molecular formula is C15H21NO4. The highest BCUT2D eigenvalue weighted by Gasteiger charge is 2.23. The van der Waals surface area contributed by atoms with Crippen LogP contribution in [0.4, 0.5) is 0 Å². The molecule has 1 aromatic rings. The summed E-state index contributed by atoms with van der Waals surface area (Å²) in [4.78, 5) is 22.3. The quantitative estimate of drug-likeness (QED) is 0.801. The van der Waals surface area contributed by atoms with E-state index in [1.165, 1.54) is 0 Å². The van der Waals surface area contributed by atoms with Crippen LogP contribution in [0.3, 0.4) is 0 Å². The van der Waals surface area contributed by atoms with Crippen LogP contribution in [-0.4, -0.2) is 29.1 Å². The minimum Gasteiger partial charge on any atom is -0.493 e. The first-order valence-corrected chi connectivity index (χ1v) is 6.51. The average Bonchev–Trinajstić information content (AvgIpc) is 2.29. The van der Waals surface area contributed by atoms with Gasteiger partial charge in [0.1, 0.15) is 5.75 Å². The Balaban J connectivity index is 2.33. The standard InChI is InChI=1S/C15H21NO4/c1-11-4-6-12(7-5-11)20-9-8-13(17)16-15(2,3)10-14(18)19/h4-7H,8-10H2,1-3H3,(H,16,17)(H,18,19). The Morgan fingerprint density at radius 2 is 1.85 bits per heavy atom. The van der Waals surface area contributed by atoms with Crippen LogP contribution in [0.2, 0.25) is 0 Å². The summed E-state index contributed by atoms with van der Waals surface area (Å²) in [5.41, 5.74) is 0.387. The van der Waals surface area contributed by atoms with Crippen molar-refractivity contribution in [3.63, 3.8) is 0 Å². The van der Waals surface area contributed by atoms with E-state index >= 15 is 0 Å². The summed E-state index contributed by atoms with van der Waals surface area (Å²) in [6.07, 6.45) is 0.0779. The Morgan fingerprint density at radius 3 is 2.40 bits per heavy atom. The number of nitrogens with one attached hydrogen (secondary N) is 1. The molecule has 0 aliphatic rings. The van der Waals surface area contributed by atoms with E-state index in [-0.39, 0.29) is 25.4 Å². The van der Waals surface area contributed by atoms with Gasteiger partial charge in [0.2, 0.25) is 5.91 Å². The third kappa shape index (κ3) is 6.22. The predicted octanol–water partition coefficient (Wildman–Crippen LogP) is 2.13. The van der Waals surface area contributed by atoms with Crippen LogP contribution < -0.4 is 10.1 Å². The van der Waals surface area contributed by atoms with Gasteiger partial charge >= 0.3 is 5.97 Å². The van der Waals surface area contributed by atoms with Crippen LogP contribution in [0.5, 0.6) is 5.75 Å². The van der Waals surface area contributed by atoms with Gasteiger partial charge in [0.25, 0.3) is 0 Å². The summed E-state index contributed by atoms with van der Waals surface area (Å²) in [5.74, 6) is -0.442. The molecule has 0 atom stereocenters. The summed E-state index contributed by atoms with van der Waals surface area (Å²) in [6, 6.07) is 7.57. The lowest BCUT2D eigenvalue weighted by atomic mass is 10.0. The summed E-state index contributed by atoms with van der Waals surface area (Å²) in [7, 11) is 0. The molecule has 0 saturated heterocycles. The van der Waals surface area contributed by atoms with Crippen molar-refractivity contribution in [1.82, 2.24) is 5.32 Å². The number of rotatable bonds is 7. The molecule has 1 rings (SSSR count). The molecule has 0 radical (unpaired) electrons. The molecule has 0 fully saturated rings. The molecule has 0 heterocycles. The zero-order chi connectivity index (χ0) is 15.2. The van der Waals surface area contributed by atoms with Crippen molar-refractivity contribution >= 4 is 11.9 Å². The van der Waals surface area contributed by atoms with Gasteiger partial charge in [-0.3, -0.25) is 9.59 Å². The van der Waals surface area contributed by atoms with E-state index in [4.69, 9.17) is 9.84 Å². The maximum Gasteiger partial charge on any atom is 0.305 e. The van der Waals surface area contributed by atoms with Crippen molar-refractivity contribution in [1.29, 1.82) is 0 Å². The number of benzene rings is 1. The van der Waals surface area contributed by atoms with E-state index in [0.717, 1.165) is 5.56 Å². The largest absolute Gasteiger partial charge is 0.493 e. The fourth-order valence-electron chi connectivity index (χ4n) is 1.76. The lowest BCUT2D eigenvalue weighted by Gasteiger charge is -2.24. The van der Waals surface area contributed by atoms with Crippen molar-refractivity contribution in [2.24, 2.45) is 0 Å². The lowest BCUT2D eigenvalue weighted by molar-refractivity contribution is -0.138. The van der Waals surface area contributed by atoms with Gasteiger partial charge in [-0.2, -0.15) is 0 Å². The van der Waals surface area contributed by atoms with Crippen LogP contribution in [0.15, 0.2) is 24.3 Å². The molecule has 110 valence electrons. The first-order valence-electron chi connectivity index (χ1n) is 6.51. The summed E-state index contributed by atoms with van der Waals surface area (Å²) in [5, 5.41) is 11.4. The highest BCUT2D eigenvalue weighted by molar-refractivity contribution is 5.78. The summed E-state index contributed by atoms with van der Waals surface area (Å²) in [6.45, 7) is 5.61. The fourth-order valence-corrected chi connectivity index (χ4v) is 1.76. The monoisotopic (exact) mass is 279 g/mol. The molecule has 20 heavy (non-hydrogen) atoms. The van der Waals surface area contributed by atoms with Gasteiger partial charge in [-0.25, -0.2) is 0 Å². The number of hydrogen-bond acceptors (Lipinski definition) is 3. The van der Waals surface area contributed by atoms with Gasteiger partial charge in [0.05, 0.1) is 19.4 Å². The average molecular weight is 279 g/mol. The van der Waals surface area contributed by atoms with Gasteiger partial charge in [-0.05, 0) is 32.9 Å². The Kier molecular flexibility index (Phi) is 5.55. The number of carboxylic acids is 1. The third-order valence-corrected chi connectivity index (χ3v) is 2.69. The van der Waals surface area contributed by atoms with Gasteiger partial charge in [-0.15, -0.1) is 0 Å². The van der Waals surface area contributed by atoms with E-state index in [0.29, 0.717) is 5.75 Å². The van der Waals surface area contributed by atoms with E-state index < -0.39 is 11.5 Å². The van der Waals surface area contributed by atoms with Crippen molar-refractivity contribution < 1.29 is 19.4 Å². The number of ether oxygens (including phenoxy) is 1. The zero-order valence-corrected chi connectivity index (χ0v) is 12.1. The van der Waals surface area contributed by atoms with Gasteiger partial charge < -0.3 is 15.2 Å². The SMILES string of the molecule is Cc1ccc(OCCC(=O)NC(C)(C)CC(=O)O)cc1. The highest BCUT2D eigenvalue weighted by Crippen LogP contribution is 2.12. The van der Waals surface area contributed by atoms with E-state index in [2.05, 4.69) is 5.32 Å². The Labute approximate surface area is 118 Å². The predicted molar refractivity (Wildman–Crippen MR) is 75.8 cm³/mol. The van der Waals surface area contributed by atoms with Crippen molar-refractivity contribution in [3.05, 3.63) is 29.8 Å². The van der Waals surface area contributed by atoms with E-state index in [9.17, 15) is 9.59 Å². The smallest absolute Gasteiger partial charge is 0.305 e. The van der Waals surface area contributed by atoms with E-state index in [1.807, 2.05) is 31.2 Å². The number of carboxylic acid groups (broad SMARTS) is 1. The zero-order valence-electron chi connectivity index (χ0n) is 12.1. The molecule has 5 heteroatoms. The molecule has 5 nitrogen and oxygen atoms in total. The fraction of sp³-hybridized carbons (Fsp3) is 0.467. The van der Waals surface area contributed by atoms with Gasteiger partial charge in [-0.1, -0.05) is 17.7 Å². The second-order valence-corrected chi connectivity index (χ2v) is 5.41. The lowest BCUT2D eigenvalue weighted by Crippen LogP contribution is -2.45. The normalized spacial score (nSPS) is 10.9. The Hall–Kier alpha value is -2.04. The summed E-state index contributed by atoms with van der Waals surface area (Å²) >= 11 is 0.